The first-order valence-electron chi connectivity index (χ1n) is 9.17. The van der Waals surface area contributed by atoms with Crippen molar-refractivity contribution in [2.24, 2.45) is 0 Å². The number of furan rings is 1. The standard InChI is InChI=1S/C22H15BrN2O5S/c1-13-4-2-3-5-14(13)12-24-21(26)20(31-22(24)27)11-16-7-9-19(30-16)17-8-6-15(25(28)29)10-18(17)23/h2-11H,12H2,1H3/b20-11-. The second-order valence-corrected chi connectivity index (χ2v) is 8.67. The molecule has 9 heteroatoms. The Morgan fingerprint density at radius 1 is 1.16 bits per heavy atom. The number of nitro benzene ring substituents is 1. The number of nitrogens with zero attached hydrogens (tertiary/aromatic N) is 2. The predicted molar refractivity (Wildman–Crippen MR) is 121 cm³/mol. The maximum absolute atomic E-state index is 12.8. The van der Waals surface area contributed by atoms with Crippen molar-refractivity contribution in [1.82, 2.24) is 4.90 Å². The lowest BCUT2D eigenvalue weighted by molar-refractivity contribution is -0.384. The van der Waals surface area contributed by atoms with E-state index in [-0.39, 0.29) is 28.3 Å². The third kappa shape index (κ3) is 4.33. The molecule has 0 atom stereocenters. The Kier molecular flexibility index (Phi) is 5.79. The highest BCUT2D eigenvalue weighted by molar-refractivity contribution is 9.10. The molecule has 0 unspecified atom stereocenters. The molecular weight excluding hydrogens is 484 g/mol. The minimum absolute atomic E-state index is 0.0373. The number of benzene rings is 2. The summed E-state index contributed by atoms with van der Waals surface area (Å²) in [5.41, 5.74) is 2.52. The van der Waals surface area contributed by atoms with Crippen LogP contribution in [0.5, 0.6) is 0 Å². The van der Waals surface area contributed by atoms with Crippen LogP contribution in [-0.2, 0) is 11.3 Å². The summed E-state index contributed by atoms with van der Waals surface area (Å²) >= 11 is 4.19. The van der Waals surface area contributed by atoms with Crippen LogP contribution in [0.4, 0.5) is 10.5 Å². The van der Waals surface area contributed by atoms with Crippen LogP contribution in [-0.4, -0.2) is 21.0 Å². The van der Waals surface area contributed by atoms with E-state index in [0.29, 0.717) is 21.6 Å². The normalized spacial score (nSPS) is 15.2. The van der Waals surface area contributed by atoms with E-state index in [4.69, 9.17) is 4.42 Å². The van der Waals surface area contributed by atoms with Crippen LogP contribution in [0.2, 0.25) is 0 Å². The van der Waals surface area contributed by atoms with Crippen molar-refractivity contribution in [2.75, 3.05) is 0 Å². The van der Waals surface area contributed by atoms with Gasteiger partial charge in [0.1, 0.15) is 11.5 Å². The Balaban J connectivity index is 1.56. The van der Waals surface area contributed by atoms with E-state index in [9.17, 15) is 19.7 Å². The highest BCUT2D eigenvalue weighted by atomic mass is 79.9. The van der Waals surface area contributed by atoms with Gasteiger partial charge in [0, 0.05) is 28.2 Å². The van der Waals surface area contributed by atoms with E-state index in [2.05, 4.69) is 15.9 Å². The molecule has 1 fully saturated rings. The fourth-order valence-electron chi connectivity index (χ4n) is 3.12. The van der Waals surface area contributed by atoms with Gasteiger partial charge in [0.15, 0.2) is 0 Å². The zero-order chi connectivity index (χ0) is 22.1. The molecule has 1 aliphatic heterocycles. The van der Waals surface area contributed by atoms with Gasteiger partial charge in [0.05, 0.1) is 16.4 Å². The summed E-state index contributed by atoms with van der Waals surface area (Å²) in [4.78, 5) is 37.1. The molecule has 0 radical (unpaired) electrons. The molecule has 0 bridgehead atoms. The Bertz CT molecular complexity index is 1250. The Morgan fingerprint density at radius 2 is 1.94 bits per heavy atom. The molecule has 7 nitrogen and oxygen atoms in total. The van der Waals surface area contributed by atoms with Crippen LogP contribution in [0.25, 0.3) is 17.4 Å². The Labute approximate surface area is 190 Å². The molecule has 2 aromatic carbocycles. The monoisotopic (exact) mass is 498 g/mol. The number of nitro groups is 1. The average molecular weight is 499 g/mol. The first-order chi connectivity index (χ1) is 14.8. The van der Waals surface area contributed by atoms with Gasteiger partial charge in [-0.1, -0.05) is 24.3 Å². The van der Waals surface area contributed by atoms with Gasteiger partial charge in [-0.05, 0) is 63.9 Å². The van der Waals surface area contributed by atoms with E-state index < -0.39 is 4.92 Å². The molecule has 156 valence electrons. The van der Waals surface area contributed by atoms with Gasteiger partial charge in [-0.3, -0.25) is 24.6 Å². The molecule has 1 saturated heterocycles. The number of carbonyl (C=O) groups is 2. The van der Waals surface area contributed by atoms with E-state index in [1.54, 1.807) is 18.2 Å². The second-order valence-electron chi connectivity index (χ2n) is 6.82. The van der Waals surface area contributed by atoms with Gasteiger partial charge in [0.2, 0.25) is 0 Å². The summed E-state index contributed by atoms with van der Waals surface area (Å²) in [6.07, 6.45) is 1.53. The number of non-ortho nitro benzene ring substituents is 1. The van der Waals surface area contributed by atoms with Crippen molar-refractivity contribution >= 4 is 50.6 Å². The number of imide groups is 1. The van der Waals surface area contributed by atoms with Crippen LogP contribution in [0.15, 0.2) is 68.4 Å². The smallest absolute Gasteiger partial charge is 0.293 e. The van der Waals surface area contributed by atoms with Gasteiger partial charge in [0.25, 0.3) is 16.8 Å². The molecule has 1 aromatic heterocycles. The maximum Gasteiger partial charge on any atom is 0.293 e. The highest BCUT2D eigenvalue weighted by Crippen LogP contribution is 2.36. The summed E-state index contributed by atoms with van der Waals surface area (Å²) in [5, 5.41) is 10.6. The van der Waals surface area contributed by atoms with Gasteiger partial charge < -0.3 is 4.42 Å². The number of halogens is 1. The number of carbonyl (C=O) groups excluding carboxylic acids is 2. The molecule has 0 spiro atoms. The van der Waals surface area contributed by atoms with Crippen LogP contribution in [0.1, 0.15) is 16.9 Å². The van der Waals surface area contributed by atoms with Crippen LogP contribution in [0, 0.1) is 17.0 Å². The fourth-order valence-corrected chi connectivity index (χ4v) is 4.50. The molecule has 0 N–H and O–H groups in total. The second kappa shape index (κ2) is 8.52. The Morgan fingerprint density at radius 3 is 2.65 bits per heavy atom. The molecule has 1 aliphatic rings. The minimum Gasteiger partial charge on any atom is -0.457 e. The van der Waals surface area contributed by atoms with E-state index >= 15 is 0 Å². The van der Waals surface area contributed by atoms with Crippen molar-refractivity contribution in [3.8, 4) is 11.3 Å². The zero-order valence-electron chi connectivity index (χ0n) is 16.2. The van der Waals surface area contributed by atoms with Crippen molar-refractivity contribution in [2.45, 2.75) is 13.5 Å². The summed E-state index contributed by atoms with van der Waals surface area (Å²) < 4.78 is 6.31. The van der Waals surface area contributed by atoms with Crippen molar-refractivity contribution in [3.63, 3.8) is 0 Å². The number of aryl methyl sites for hydroxylation is 1. The number of rotatable bonds is 5. The number of thioether (sulfide) groups is 1. The minimum atomic E-state index is -0.477. The third-order valence-electron chi connectivity index (χ3n) is 4.79. The number of amides is 2. The molecule has 2 amide bonds. The quantitative estimate of drug-likeness (QED) is 0.237. The van der Waals surface area contributed by atoms with Crippen LogP contribution >= 0.6 is 27.7 Å². The SMILES string of the molecule is Cc1ccccc1CN1C(=O)S/C(=C\c2ccc(-c3ccc([N+](=O)[O-])cc3Br)o2)C1=O. The predicted octanol–water partition coefficient (Wildman–Crippen LogP) is 6.16. The molecule has 4 rings (SSSR count). The maximum atomic E-state index is 12.8. The van der Waals surface area contributed by atoms with E-state index in [1.165, 1.54) is 23.1 Å². The van der Waals surface area contributed by atoms with Crippen molar-refractivity contribution in [3.05, 3.63) is 91.0 Å². The van der Waals surface area contributed by atoms with E-state index in [0.717, 1.165) is 22.9 Å². The average Bonchev–Trinajstić information content (AvgIpc) is 3.29. The van der Waals surface area contributed by atoms with Crippen molar-refractivity contribution < 1.29 is 18.9 Å². The molecular formula is C22H15BrN2O5S. The van der Waals surface area contributed by atoms with E-state index in [1.807, 2.05) is 31.2 Å². The van der Waals surface area contributed by atoms with Gasteiger partial charge in [-0.15, -0.1) is 0 Å². The first-order valence-corrected chi connectivity index (χ1v) is 10.8. The molecule has 0 saturated carbocycles. The molecule has 31 heavy (non-hydrogen) atoms. The van der Waals surface area contributed by atoms with Gasteiger partial charge in [-0.25, -0.2) is 0 Å². The number of hydrogen-bond donors (Lipinski definition) is 0. The largest absolute Gasteiger partial charge is 0.457 e. The highest BCUT2D eigenvalue weighted by Gasteiger charge is 2.35. The summed E-state index contributed by atoms with van der Waals surface area (Å²) in [6.45, 7) is 2.15. The lowest BCUT2D eigenvalue weighted by atomic mass is 10.1. The van der Waals surface area contributed by atoms with Crippen molar-refractivity contribution in [1.29, 1.82) is 0 Å². The summed E-state index contributed by atoms with van der Waals surface area (Å²) in [5.74, 6) is 0.515. The summed E-state index contributed by atoms with van der Waals surface area (Å²) in [7, 11) is 0. The van der Waals surface area contributed by atoms with Gasteiger partial charge in [-0.2, -0.15) is 0 Å². The Hall–Kier alpha value is -3.17. The van der Waals surface area contributed by atoms with Gasteiger partial charge >= 0.3 is 0 Å². The van der Waals surface area contributed by atoms with Crippen LogP contribution in [0.3, 0.4) is 0 Å². The lowest BCUT2D eigenvalue weighted by Gasteiger charge is -2.14. The number of hydrogen-bond acceptors (Lipinski definition) is 6. The lowest BCUT2D eigenvalue weighted by Crippen LogP contribution is -2.27. The van der Waals surface area contributed by atoms with Crippen LogP contribution < -0.4 is 0 Å². The molecule has 3 aromatic rings. The molecule has 0 aliphatic carbocycles. The molecule has 2 heterocycles. The zero-order valence-corrected chi connectivity index (χ0v) is 18.6. The third-order valence-corrected chi connectivity index (χ3v) is 6.36. The first kappa shape index (κ1) is 21.1. The fraction of sp³-hybridized carbons (Fsp3) is 0.0909. The topological polar surface area (TPSA) is 93.7 Å². The summed E-state index contributed by atoms with van der Waals surface area (Å²) in [6, 6.07) is 15.4.